The number of ether oxygens (including phenoxy) is 4. The van der Waals surface area contributed by atoms with E-state index in [-0.39, 0.29) is 54.4 Å². The second kappa shape index (κ2) is 15.9. The number of amides is 1. The molecule has 0 aromatic carbocycles. The predicted octanol–water partition coefficient (Wildman–Crippen LogP) is 2.12. The highest BCUT2D eigenvalue weighted by Gasteiger charge is 2.52. The Balaban J connectivity index is 1.89. The summed E-state index contributed by atoms with van der Waals surface area (Å²) in [6, 6.07) is -0.140. The van der Waals surface area contributed by atoms with Gasteiger partial charge in [0.05, 0.1) is 24.4 Å². The molecule has 1 amide bonds. The molecule has 3 fully saturated rings. The SMILES string of the molecule is CO[C@]1(C)C[C@@H](C)CN(C)C(C2CN(CC(=O)N(C)C(C)C)C2)COC(=O)C(C)(C)C(=O)[C@H](C)[C@H]1O[C@@H]1O[C@H](C)C[C@H](N(C)C)[C@H]1O. The average Bonchev–Trinajstić information content (AvgIpc) is 2.97. The molecule has 1 unspecified atom stereocenters. The third-order valence-corrected chi connectivity index (χ3v) is 11.0. The predicted molar refractivity (Wildman–Crippen MR) is 180 cm³/mol. The summed E-state index contributed by atoms with van der Waals surface area (Å²) in [7, 11) is 9.32. The first-order chi connectivity index (χ1) is 21.7. The molecular weight excluding hydrogens is 604 g/mol. The van der Waals surface area contributed by atoms with E-state index < -0.39 is 41.4 Å². The quantitative estimate of drug-likeness (QED) is 0.303. The van der Waals surface area contributed by atoms with E-state index in [1.54, 1.807) is 32.8 Å². The fourth-order valence-electron chi connectivity index (χ4n) is 7.63. The zero-order valence-corrected chi connectivity index (χ0v) is 31.3. The van der Waals surface area contributed by atoms with Crippen molar-refractivity contribution in [3.8, 4) is 0 Å². The van der Waals surface area contributed by atoms with Gasteiger partial charge in [-0.2, -0.15) is 0 Å². The van der Waals surface area contributed by atoms with Crippen molar-refractivity contribution >= 4 is 17.7 Å². The van der Waals surface area contributed by atoms with Crippen LogP contribution in [0.4, 0.5) is 0 Å². The van der Waals surface area contributed by atoms with Gasteiger partial charge in [0.25, 0.3) is 0 Å². The number of carbonyl (C=O) groups excluding carboxylic acids is 3. The van der Waals surface area contributed by atoms with Crippen molar-refractivity contribution < 1.29 is 38.4 Å². The summed E-state index contributed by atoms with van der Waals surface area (Å²) in [5.41, 5.74) is -2.41. The summed E-state index contributed by atoms with van der Waals surface area (Å²) in [4.78, 5) is 48.7. The Morgan fingerprint density at radius 2 is 1.70 bits per heavy atom. The van der Waals surface area contributed by atoms with Gasteiger partial charge >= 0.3 is 5.97 Å². The van der Waals surface area contributed by atoms with E-state index in [2.05, 4.69) is 16.7 Å². The first-order valence-corrected chi connectivity index (χ1v) is 17.3. The molecule has 0 aromatic heterocycles. The summed E-state index contributed by atoms with van der Waals surface area (Å²) in [6.45, 7) is 17.7. The fraction of sp³-hybridized carbons (Fsp3) is 0.914. The maximum absolute atomic E-state index is 14.2. The van der Waals surface area contributed by atoms with E-state index >= 15 is 0 Å². The maximum atomic E-state index is 14.2. The van der Waals surface area contributed by atoms with Gasteiger partial charge in [-0.15, -0.1) is 0 Å². The van der Waals surface area contributed by atoms with Gasteiger partial charge in [0, 0.05) is 63.8 Å². The molecular formula is C35H64N4O8. The number of Topliss-reactive ketones (excluding diaryl/α,β-unsaturated/α-hetero) is 1. The van der Waals surface area contributed by atoms with Crippen LogP contribution in [0.25, 0.3) is 0 Å². The Hall–Kier alpha value is -1.67. The molecule has 0 saturated carbocycles. The number of nitrogens with zero attached hydrogens (tertiary/aromatic N) is 4. The molecule has 0 bridgehead atoms. The fourth-order valence-corrected chi connectivity index (χ4v) is 7.63. The highest BCUT2D eigenvalue weighted by molar-refractivity contribution is 6.04. The summed E-state index contributed by atoms with van der Waals surface area (Å²) in [6.07, 6.45) is -1.73. The molecule has 9 atom stereocenters. The molecule has 12 heteroatoms. The lowest BCUT2D eigenvalue weighted by molar-refractivity contribution is -0.295. The highest BCUT2D eigenvalue weighted by atomic mass is 16.7. The minimum atomic E-state index is -1.45. The topological polar surface area (TPSA) is 121 Å². The molecule has 3 aliphatic rings. The minimum Gasteiger partial charge on any atom is -0.463 e. The largest absolute Gasteiger partial charge is 0.463 e. The number of carbonyl (C=O) groups is 3. The van der Waals surface area contributed by atoms with Crippen LogP contribution < -0.4 is 0 Å². The molecule has 0 spiro atoms. The first-order valence-electron chi connectivity index (χ1n) is 17.3. The van der Waals surface area contributed by atoms with Gasteiger partial charge < -0.3 is 33.9 Å². The number of aliphatic hydroxyl groups is 1. The molecule has 3 aliphatic heterocycles. The standard InChI is InChI=1S/C35H64N4O8/c1-21(2)38(12)28(40)19-39-17-25(18-39)27-20-45-33(43)34(6,7)30(42)24(5)31(35(8,44-13)15-22(3)16-37(27)11)47-32-29(41)26(36(9)10)14-23(4)46-32/h21-27,29,31-32,41H,14-20H2,1-13H3/t22-,23-,24+,26+,27?,29-,31-,32+,35-/m1/s1. The molecule has 1 N–H and O–H groups in total. The van der Waals surface area contributed by atoms with Gasteiger partial charge in [0.1, 0.15) is 18.1 Å². The highest BCUT2D eigenvalue weighted by Crippen LogP contribution is 2.38. The minimum absolute atomic E-state index is 0.0873. The molecule has 0 radical (unpaired) electrons. The number of cyclic esters (lactones) is 1. The van der Waals surface area contributed by atoms with E-state index in [1.165, 1.54) is 0 Å². The summed E-state index contributed by atoms with van der Waals surface area (Å²) < 4.78 is 24.9. The average molecular weight is 669 g/mol. The van der Waals surface area contributed by atoms with Crippen molar-refractivity contribution in [3.05, 3.63) is 0 Å². The van der Waals surface area contributed by atoms with Gasteiger partial charge in [-0.1, -0.05) is 13.8 Å². The Labute approximate surface area is 283 Å². The van der Waals surface area contributed by atoms with Crippen LogP contribution in [0.1, 0.15) is 68.2 Å². The summed E-state index contributed by atoms with van der Waals surface area (Å²) in [5, 5.41) is 11.3. The van der Waals surface area contributed by atoms with Crippen LogP contribution in [0.2, 0.25) is 0 Å². The van der Waals surface area contributed by atoms with Crippen LogP contribution in [-0.4, -0.2) is 159 Å². The van der Waals surface area contributed by atoms with Crippen molar-refractivity contribution in [2.45, 2.75) is 117 Å². The van der Waals surface area contributed by atoms with Crippen LogP contribution in [0.15, 0.2) is 0 Å². The lowest BCUT2D eigenvalue weighted by Crippen LogP contribution is -2.60. The Bertz CT molecular complexity index is 1080. The molecule has 0 aliphatic carbocycles. The van der Waals surface area contributed by atoms with Gasteiger partial charge in [-0.25, -0.2) is 0 Å². The number of hydrogen-bond acceptors (Lipinski definition) is 11. The third kappa shape index (κ3) is 9.12. The number of aliphatic hydroxyl groups excluding tert-OH is 1. The normalized spacial score (nSPS) is 37.1. The van der Waals surface area contributed by atoms with E-state index in [0.717, 1.165) is 13.1 Å². The van der Waals surface area contributed by atoms with Crippen molar-refractivity contribution in [2.75, 3.05) is 68.1 Å². The summed E-state index contributed by atoms with van der Waals surface area (Å²) in [5.74, 6) is -1.30. The lowest BCUT2D eigenvalue weighted by Gasteiger charge is -2.47. The molecule has 12 nitrogen and oxygen atoms in total. The van der Waals surface area contributed by atoms with Crippen molar-refractivity contribution in [1.82, 2.24) is 19.6 Å². The van der Waals surface area contributed by atoms with E-state index in [1.807, 2.05) is 60.8 Å². The zero-order chi connectivity index (χ0) is 35.6. The third-order valence-electron chi connectivity index (χ3n) is 11.0. The number of rotatable bonds is 8. The smallest absolute Gasteiger partial charge is 0.319 e. The van der Waals surface area contributed by atoms with Crippen LogP contribution >= 0.6 is 0 Å². The van der Waals surface area contributed by atoms with Gasteiger partial charge in [-0.3, -0.25) is 24.2 Å². The molecule has 3 rings (SSSR count). The molecule has 47 heavy (non-hydrogen) atoms. The Morgan fingerprint density at radius 3 is 2.26 bits per heavy atom. The Kier molecular flexibility index (Phi) is 13.5. The Morgan fingerprint density at radius 1 is 1.09 bits per heavy atom. The molecule has 272 valence electrons. The number of likely N-dealkylation sites (tertiary alicyclic amines) is 1. The van der Waals surface area contributed by atoms with E-state index in [9.17, 15) is 19.5 Å². The second-order valence-corrected chi connectivity index (χ2v) is 15.9. The van der Waals surface area contributed by atoms with Gasteiger partial charge in [-0.05, 0) is 81.4 Å². The van der Waals surface area contributed by atoms with Gasteiger partial charge in [0.2, 0.25) is 5.91 Å². The number of hydrogen-bond donors (Lipinski definition) is 1. The van der Waals surface area contributed by atoms with Crippen LogP contribution in [0.3, 0.4) is 0 Å². The van der Waals surface area contributed by atoms with Crippen molar-refractivity contribution in [3.63, 3.8) is 0 Å². The number of esters is 1. The summed E-state index contributed by atoms with van der Waals surface area (Å²) >= 11 is 0. The number of ketones is 1. The van der Waals surface area contributed by atoms with Crippen molar-refractivity contribution in [1.29, 1.82) is 0 Å². The van der Waals surface area contributed by atoms with Gasteiger partial charge in [0.15, 0.2) is 12.1 Å². The monoisotopic (exact) mass is 668 g/mol. The molecule has 3 saturated heterocycles. The van der Waals surface area contributed by atoms with E-state index in [0.29, 0.717) is 25.9 Å². The molecule has 3 heterocycles. The van der Waals surface area contributed by atoms with Crippen LogP contribution in [-0.2, 0) is 33.3 Å². The number of methoxy groups -OCH3 is 1. The van der Waals surface area contributed by atoms with Crippen LogP contribution in [0.5, 0.6) is 0 Å². The van der Waals surface area contributed by atoms with Crippen LogP contribution in [0, 0.1) is 23.2 Å². The lowest BCUT2D eigenvalue weighted by atomic mass is 9.74. The maximum Gasteiger partial charge on any atom is 0.319 e. The van der Waals surface area contributed by atoms with E-state index in [4.69, 9.17) is 18.9 Å². The first kappa shape index (κ1) is 39.8. The number of likely N-dealkylation sites (N-methyl/N-ethyl adjacent to an activating group) is 3. The van der Waals surface area contributed by atoms with Crippen molar-refractivity contribution in [2.24, 2.45) is 23.2 Å². The molecule has 0 aromatic rings. The zero-order valence-electron chi connectivity index (χ0n) is 31.3. The second-order valence-electron chi connectivity index (χ2n) is 15.9.